The van der Waals surface area contributed by atoms with Crippen molar-refractivity contribution in [3.63, 3.8) is 0 Å². The molecule has 0 aromatic rings. The quantitative estimate of drug-likeness (QED) is 0.755. The van der Waals surface area contributed by atoms with Crippen LogP contribution in [0.3, 0.4) is 0 Å². The smallest absolute Gasteiger partial charge is 0.303 e. The number of hydrogen-bond donors (Lipinski definition) is 1. The molecule has 1 rings (SSSR count). The van der Waals surface area contributed by atoms with Crippen LogP contribution >= 0.6 is 0 Å². The summed E-state index contributed by atoms with van der Waals surface area (Å²) in [6, 6.07) is 0.423. The summed E-state index contributed by atoms with van der Waals surface area (Å²) >= 11 is 0. The molecule has 1 atom stereocenters. The average Bonchev–Trinajstić information content (AvgIpc) is 2.02. The number of aliphatic carboxylic acids is 1. The summed E-state index contributed by atoms with van der Waals surface area (Å²) in [6.45, 7) is 5.23. The van der Waals surface area contributed by atoms with Gasteiger partial charge >= 0.3 is 5.97 Å². The van der Waals surface area contributed by atoms with E-state index >= 15 is 0 Å². The van der Waals surface area contributed by atoms with Gasteiger partial charge in [-0.1, -0.05) is 20.3 Å². The molecule has 0 spiro atoms. The highest BCUT2D eigenvalue weighted by atomic mass is 16.4. The standard InChI is InChI=1S/C11H21NO2/c1-11(2,8-10(13)14)9-6-4-5-7-12(9)3/h9H,4-8H2,1-3H3,(H,13,14). The molecule has 82 valence electrons. The molecule has 0 saturated carbocycles. The molecule has 1 aliphatic rings. The highest BCUT2D eigenvalue weighted by Gasteiger charge is 2.35. The van der Waals surface area contributed by atoms with Crippen LogP contribution in [0.15, 0.2) is 0 Å². The van der Waals surface area contributed by atoms with Gasteiger partial charge in [0.1, 0.15) is 0 Å². The fourth-order valence-electron chi connectivity index (χ4n) is 2.57. The van der Waals surface area contributed by atoms with E-state index in [1.54, 1.807) is 0 Å². The fourth-order valence-corrected chi connectivity index (χ4v) is 2.57. The maximum Gasteiger partial charge on any atom is 0.303 e. The van der Waals surface area contributed by atoms with Crippen LogP contribution in [0, 0.1) is 5.41 Å². The molecule has 1 aliphatic heterocycles. The molecule has 1 N–H and O–H groups in total. The maximum absolute atomic E-state index is 10.7. The summed E-state index contributed by atoms with van der Waals surface area (Å²) in [5, 5.41) is 8.85. The summed E-state index contributed by atoms with van der Waals surface area (Å²) in [6.07, 6.45) is 3.88. The molecule has 0 bridgehead atoms. The summed E-state index contributed by atoms with van der Waals surface area (Å²) in [5.74, 6) is -0.686. The number of carbonyl (C=O) groups is 1. The predicted octanol–water partition coefficient (Wildman–Crippen LogP) is 1.97. The van der Waals surface area contributed by atoms with Crippen LogP contribution in [0.25, 0.3) is 0 Å². The van der Waals surface area contributed by atoms with E-state index in [1.165, 1.54) is 12.8 Å². The molecule has 14 heavy (non-hydrogen) atoms. The average molecular weight is 199 g/mol. The Bertz CT molecular complexity index is 213. The second-order valence-corrected chi connectivity index (χ2v) is 5.05. The Hall–Kier alpha value is -0.570. The van der Waals surface area contributed by atoms with E-state index in [0.717, 1.165) is 13.0 Å². The monoisotopic (exact) mass is 199 g/mol. The number of carboxylic acid groups (broad SMARTS) is 1. The van der Waals surface area contributed by atoms with Gasteiger partial charge in [-0.3, -0.25) is 4.79 Å². The molecule has 0 aromatic heterocycles. The van der Waals surface area contributed by atoms with Gasteiger partial charge in [-0.05, 0) is 31.8 Å². The van der Waals surface area contributed by atoms with Gasteiger partial charge in [-0.15, -0.1) is 0 Å². The third-order valence-corrected chi connectivity index (χ3v) is 3.28. The Kier molecular flexibility index (Phi) is 3.53. The first-order valence-corrected chi connectivity index (χ1v) is 5.35. The number of carboxylic acids is 1. The second-order valence-electron chi connectivity index (χ2n) is 5.05. The topological polar surface area (TPSA) is 40.5 Å². The van der Waals surface area contributed by atoms with Crippen molar-refractivity contribution in [3.8, 4) is 0 Å². The van der Waals surface area contributed by atoms with Crippen LogP contribution in [0.2, 0.25) is 0 Å². The highest BCUT2D eigenvalue weighted by Crippen LogP contribution is 2.34. The number of hydrogen-bond acceptors (Lipinski definition) is 2. The largest absolute Gasteiger partial charge is 0.481 e. The molecule has 1 saturated heterocycles. The SMILES string of the molecule is CN1CCCCC1C(C)(C)CC(=O)O. The van der Waals surface area contributed by atoms with Crippen molar-refractivity contribution in [2.24, 2.45) is 5.41 Å². The first-order valence-electron chi connectivity index (χ1n) is 5.35. The predicted molar refractivity (Wildman–Crippen MR) is 56.3 cm³/mol. The highest BCUT2D eigenvalue weighted by molar-refractivity contribution is 5.67. The zero-order chi connectivity index (χ0) is 10.8. The van der Waals surface area contributed by atoms with Crippen LogP contribution in [0.1, 0.15) is 39.5 Å². The molecule has 3 nitrogen and oxygen atoms in total. The second kappa shape index (κ2) is 4.30. The zero-order valence-electron chi connectivity index (χ0n) is 9.42. The molecule has 0 radical (unpaired) electrons. The molecule has 1 unspecified atom stereocenters. The van der Waals surface area contributed by atoms with E-state index in [2.05, 4.69) is 25.8 Å². The van der Waals surface area contributed by atoms with E-state index in [0.29, 0.717) is 6.04 Å². The molecular formula is C11H21NO2. The molecule has 3 heteroatoms. The van der Waals surface area contributed by atoms with Crippen molar-refractivity contribution in [2.75, 3.05) is 13.6 Å². The van der Waals surface area contributed by atoms with Gasteiger partial charge in [0, 0.05) is 6.04 Å². The van der Waals surface area contributed by atoms with Crippen molar-refractivity contribution in [1.82, 2.24) is 4.90 Å². The number of piperidine rings is 1. The number of likely N-dealkylation sites (tertiary alicyclic amines) is 1. The zero-order valence-corrected chi connectivity index (χ0v) is 9.42. The Labute approximate surface area is 86.1 Å². The summed E-state index contributed by atoms with van der Waals surface area (Å²) in [4.78, 5) is 13.1. The molecule has 0 amide bonds. The van der Waals surface area contributed by atoms with Gasteiger partial charge in [0.25, 0.3) is 0 Å². The maximum atomic E-state index is 10.7. The lowest BCUT2D eigenvalue weighted by atomic mass is 9.77. The van der Waals surface area contributed by atoms with Crippen LogP contribution in [-0.2, 0) is 4.79 Å². The normalized spacial score (nSPS) is 24.9. The van der Waals surface area contributed by atoms with E-state index in [-0.39, 0.29) is 11.8 Å². The Morgan fingerprint density at radius 1 is 1.50 bits per heavy atom. The summed E-state index contributed by atoms with van der Waals surface area (Å²) < 4.78 is 0. The lowest BCUT2D eigenvalue weighted by Gasteiger charge is -2.42. The number of nitrogens with zero attached hydrogens (tertiary/aromatic N) is 1. The molecule has 0 aliphatic carbocycles. The Morgan fingerprint density at radius 3 is 2.64 bits per heavy atom. The molecule has 1 heterocycles. The minimum Gasteiger partial charge on any atom is -0.481 e. The van der Waals surface area contributed by atoms with E-state index < -0.39 is 5.97 Å². The van der Waals surface area contributed by atoms with Gasteiger partial charge in [0.05, 0.1) is 6.42 Å². The van der Waals surface area contributed by atoms with Crippen molar-refractivity contribution < 1.29 is 9.90 Å². The van der Waals surface area contributed by atoms with Gasteiger partial charge in [-0.25, -0.2) is 0 Å². The van der Waals surface area contributed by atoms with Crippen LogP contribution in [0.4, 0.5) is 0 Å². The van der Waals surface area contributed by atoms with Crippen LogP contribution < -0.4 is 0 Å². The third kappa shape index (κ3) is 2.71. The summed E-state index contributed by atoms with van der Waals surface area (Å²) in [7, 11) is 2.10. The van der Waals surface area contributed by atoms with E-state index in [1.807, 2.05) is 0 Å². The van der Waals surface area contributed by atoms with Gasteiger partial charge in [0.15, 0.2) is 0 Å². The Balaban J connectivity index is 2.63. The first kappa shape index (κ1) is 11.5. The Morgan fingerprint density at radius 2 is 2.14 bits per heavy atom. The van der Waals surface area contributed by atoms with Gasteiger partial charge in [-0.2, -0.15) is 0 Å². The third-order valence-electron chi connectivity index (χ3n) is 3.28. The van der Waals surface area contributed by atoms with Crippen molar-refractivity contribution in [1.29, 1.82) is 0 Å². The fraction of sp³-hybridized carbons (Fsp3) is 0.909. The van der Waals surface area contributed by atoms with Gasteiger partial charge < -0.3 is 10.0 Å². The van der Waals surface area contributed by atoms with Crippen molar-refractivity contribution in [2.45, 2.75) is 45.6 Å². The van der Waals surface area contributed by atoms with E-state index in [4.69, 9.17) is 5.11 Å². The van der Waals surface area contributed by atoms with E-state index in [9.17, 15) is 4.79 Å². The first-order chi connectivity index (χ1) is 6.43. The number of rotatable bonds is 3. The minimum atomic E-state index is -0.686. The van der Waals surface area contributed by atoms with Crippen LogP contribution in [0.5, 0.6) is 0 Å². The van der Waals surface area contributed by atoms with Crippen molar-refractivity contribution >= 4 is 5.97 Å². The summed E-state index contributed by atoms with van der Waals surface area (Å²) in [5.41, 5.74) is -0.110. The van der Waals surface area contributed by atoms with Gasteiger partial charge in [0.2, 0.25) is 0 Å². The molecule has 0 aromatic carbocycles. The lowest BCUT2D eigenvalue weighted by Crippen LogP contribution is -2.46. The molecule has 1 fully saturated rings. The minimum absolute atomic E-state index is 0.110. The van der Waals surface area contributed by atoms with Crippen molar-refractivity contribution in [3.05, 3.63) is 0 Å². The molecular weight excluding hydrogens is 178 g/mol. The van der Waals surface area contributed by atoms with Crippen LogP contribution in [-0.4, -0.2) is 35.6 Å². The lowest BCUT2D eigenvalue weighted by molar-refractivity contribution is -0.140.